The maximum Gasteiger partial charge on any atom is 0.242 e. The van der Waals surface area contributed by atoms with Gasteiger partial charge in [0.1, 0.15) is 6.04 Å². The third-order valence-electron chi connectivity index (χ3n) is 5.23. The Morgan fingerprint density at radius 1 is 1.14 bits per heavy atom. The largest absolute Gasteiger partial charge is 0.374 e. The third kappa shape index (κ3) is 4.53. The SMILES string of the molecule is CCCC(NC(=O)C(C)Nc1ccc2c(c1)CCN2C(C)=O)c1ccccc1. The lowest BCUT2D eigenvalue weighted by Gasteiger charge is -2.22. The number of benzene rings is 2. The summed E-state index contributed by atoms with van der Waals surface area (Å²) in [6, 6.07) is 15.7. The first kappa shape index (κ1) is 19.9. The molecule has 5 nitrogen and oxygen atoms in total. The third-order valence-corrected chi connectivity index (χ3v) is 5.23. The molecule has 0 aromatic heterocycles. The number of carbonyl (C=O) groups excluding carboxylic acids is 2. The summed E-state index contributed by atoms with van der Waals surface area (Å²) in [5.74, 6) is 0.0447. The van der Waals surface area contributed by atoms with Crippen LogP contribution in [0.3, 0.4) is 0 Å². The zero-order chi connectivity index (χ0) is 20.1. The molecule has 28 heavy (non-hydrogen) atoms. The van der Waals surface area contributed by atoms with Gasteiger partial charge in [-0.05, 0) is 49.1 Å². The molecule has 2 aromatic rings. The summed E-state index contributed by atoms with van der Waals surface area (Å²) in [7, 11) is 0. The minimum absolute atomic E-state index is 0.0202. The van der Waals surface area contributed by atoms with E-state index in [0.29, 0.717) is 0 Å². The quantitative estimate of drug-likeness (QED) is 0.763. The van der Waals surface area contributed by atoms with Crippen molar-refractivity contribution in [2.45, 2.75) is 52.1 Å². The zero-order valence-electron chi connectivity index (χ0n) is 16.9. The number of amides is 2. The van der Waals surface area contributed by atoms with E-state index >= 15 is 0 Å². The van der Waals surface area contributed by atoms with Gasteiger partial charge in [-0.25, -0.2) is 0 Å². The predicted octanol–water partition coefficient (Wildman–Crippen LogP) is 4.05. The van der Waals surface area contributed by atoms with Crippen LogP contribution in [-0.2, 0) is 16.0 Å². The molecule has 1 heterocycles. The number of hydrogen-bond acceptors (Lipinski definition) is 3. The molecule has 2 atom stereocenters. The normalized spacial score (nSPS) is 14.9. The summed E-state index contributed by atoms with van der Waals surface area (Å²) < 4.78 is 0. The molecule has 2 aromatic carbocycles. The molecule has 148 valence electrons. The summed E-state index contributed by atoms with van der Waals surface area (Å²) in [5, 5.41) is 6.47. The topological polar surface area (TPSA) is 61.4 Å². The average Bonchev–Trinajstić information content (AvgIpc) is 3.11. The van der Waals surface area contributed by atoms with Crippen LogP contribution in [0.15, 0.2) is 48.5 Å². The Bertz CT molecular complexity index is 835. The lowest BCUT2D eigenvalue weighted by molar-refractivity contribution is -0.122. The molecule has 0 radical (unpaired) electrons. The van der Waals surface area contributed by atoms with Crippen LogP contribution in [0, 0.1) is 0 Å². The highest BCUT2D eigenvalue weighted by Gasteiger charge is 2.23. The summed E-state index contributed by atoms with van der Waals surface area (Å²) in [6.07, 6.45) is 2.75. The molecular formula is C23H29N3O2. The van der Waals surface area contributed by atoms with Gasteiger partial charge in [-0.1, -0.05) is 43.7 Å². The first-order chi connectivity index (χ1) is 13.5. The standard InChI is InChI=1S/C23H29N3O2/c1-4-8-21(18-9-6-5-7-10-18)25-23(28)16(2)24-20-11-12-22-19(15-20)13-14-26(22)17(3)27/h5-7,9-12,15-16,21,24H,4,8,13-14H2,1-3H3,(H,25,28). The van der Waals surface area contributed by atoms with Crippen molar-refractivity contribution in [1.82, 2.24) is 5.32 Å². The number of hydrogen-bond donors (Lipinski definition) is 2. The zero-order valence-corrected chi connectivity index (χ0v) is 16.9. The maximum absolute atomic E-state index is 12.8. The van der Waals surface area contributed by atoms with Gasteiger partial charge >= 0.3 is 0 Å². The van der Waals surface area contributed by atoms with Crippen molar-refractivity contribution in [3.05, 3.63) is 59.7 Å². The van der Waals surface area contributed by atoms with Crippen LogP contribution in [0.2, 0.25) is 0 Å². The molecule has 0 aliphatic carbocycles. The van der Waals surface area contributed by atoms with E-state index in [-0.39, 0.29) is 23.9 Å². The molecule has 0 bridgehead atoms. The molecule has 0 saturated carbocycles. The predicted molar refractivity (Wildman–Crippen MR) is 113 cm³/mol. The van der Waals surface area contributed by atoms with Gasteiger partial charge in [0.05, 0.1) is 6.04 Å². The van der Waals surface area contributed by atoms with Gasteiger partial charge in [-0.2, -0.15) is 0 Å². The fraction of sp³-hybridized carbons (Fsp3) is 0.391. The van der Waals surface area contributed by atoms with Crippen LogP contribution in [0.25, 0.3) is 0 Å². The Kier molecular flexibility index (Phi) is 6.34. The lowest BCUT2D eigenvalue weighted by Crippen LogP contribution is -2.39. The highest BCUT2D eigenvalue weighted by molar-refractivity contribution is 5.94. The van der Waals surface area contributed by atoms with E-state index in [2.05, 4.69) is 29.7 Å². The number of rotatable bonds is 7. The van der Waals surface area contributed by atoms with Crippen molar-refractivity contribution in [1.29, 1.82) is 0 Å². The van der Waals surface area contributed by atoms with Gasteiger partial charge in [0.25, 0.3) is 0 Å². The summed E-state index contributed by atoms with van der Waals surface area (Å²) >= 11 is 0. The number of nitrogens with zero attached hydrogens (tertiary/aromatic N) is 1. The van der Waals surface area contributed by atoms with E-state index in [1.54, 1.807) is 11.8 Å². The molecule has 0 spiro atoms. The highest BCUT2D eigenvalue weighted by Crippen LogP contribution is 2.30. The van der Waals surface area contributed by atoms with Crippen LogP contribution < -0.4 is 15.5 Å². The Balaban J connectivity index is 1.65. The monoisotopic (exact) mass is 379 g/mol. The molecule has 0 fully saturated rings. The summed E-state index contributed by atoms with van der Waals surface area (Å²) in [5.41, 5.74) is 4.15. The van der Waals surface area contributed by atoms with Gasteiger partial charge in [-0.3, -0.25) is 9.59 Å². The first-order valence-corrected chi connectivity index (χ1v) is 10.0. The Morgan fingerprint density at radius 3 is 2.57 bits per heavy atom. The molecule has 0 saturated heterocycles. The van der Waals surface area contributed by atoms with Crippen molar-refractivity contribution >= 4 is 23.2 Å². The fourth-order valence-corrected chi connectivity index (χ4v) is 3.73. The molecule has 5 heteroatoms. The fourth-order valence-electron chi connectivity index (χ4n) is 3.73. The van der Waals surface area contributed by atoms with Crippen LogP contribution in [0.4, 0.5) is 11.4 Å². The van der Waals surface area contributed by atoms with Gasteiger partial charge in [0.15, 0.2) is 0 Å². The Morgan fingerprint density at radius 2 is 1.89 bits per heavy atom. The van der Waals surface area contributed by atoms with Crippen LogP contribution >= 0.6 is 0 Å². The minimum atomic E-state index is -0.355. The van der Waals surface area contributed by atoms with Crippen molar-refractivity contribution in [3.63, 3.8) is 0 Å². The van der Waals surface area contributed by atoms with E-state index < -0.39 is 0 Å². The maximum atomic E-state index is 12.8. The van der Waals surface area contributed by atoms with E-state index in [9.17, 15) is 9.59 Å². The molecule has 3 rings (SSSR count). The van der Waals surface area contributed by atoms with Crippen LogP contribution in [0.5, 0.6) is 0 Å². The minimum Gasteiger partial charge on any atom is -0.374 e. The van der Waals surface area contributed by atoms with Crippen molar-refractivity contribution < 1.29 is 9.59 Å². The number of carbonyl (C=O) groups is 2. The second-order valence-electron chi connectivity index (χ2n) is 7.39. The van der Waals surface area contributed by atoms with E-state index in [0.717, 1.165) is 48.3 Å². The lowest BCUT2D eigenvalue weighted by atomic mass is 10.0. The Labute approximate surface area is 167 Å². The van der Waals surface area contributed by atoms with E-state index in [4.69, 9.17) is 0 Å². The van der Waals surface area contributed by atoms with Crippen LogP contribution in [0.1, 0.15) is 50.8 Å². The first-order valence-electron chi connectivity index (χ1n) is 10.0. The van der Waals surface area contributed by atoms with Gasteiger partial charge in [0, 0.05) is 24.8 Å². The molecule has 2 unspecified atom stereocenters. The molecular weight excluding hydrogens is 350 g/mol. The summed E-state index contributed by atoms with van der Waals surface area (Å²) in [6.45, 7) is 6.31. The number of anilines is 2. The van der Waals surface area contributed by atoms with Crippen LogP contribution in [-0.4, -0.2) is 24.4 Å². The summed E-state index contributed by atoms with van der Waals surface area (Å²) in [4.78, 5) is 26.2. The smallest absolute Gasteiger partial charge is 0.242 e. The molecule has 2 amide bonds. The molecule has 2 N–H and O–H groups in total. The van der Waals surface area contributed by atoms with Crippen molar-refractivity contribution in [2.75, 3.05) is 16.8 Å². The highest BCUT2D eigenvalue weighted by atomic mass is 16.2. The second-order valence-corrected chi connectivity index (χ2v) is 7.39. The van der Waals surface area contributed by atoms with Gasteiger partial charge in [-0.15, -0.1) is 0 Å². The van der Waals surface area contributed by atoms with Crippen molar-refractivity contribution in [2.24, 2.45) is 0 Å². The second kappa shape index (κ2) is 8.91. The van der Waals surface area contributed by atoms with Gasteiger partial charge < -0.3 is 15.5 Å². The van der Waals surface area contributed by atoms with Gasteiger partial charge in [0.2, 0.25) is 11.8 Å². The number of nitrogens with one attached hydrogen (secondary N) is 2. The average molecular weight is 380 g/mol. The Hall–Kier alpha value is -2.82. The van der Waals surface area contributed by atoms with Crippen molar-refractivity contribution in [3.8, 4) is 0 Å². The number of fused-ring (bicyclic) bond motifs is 1. The van der Waals surface area contributed by atoms with E-state index in [1.807, 2.05) is 43.3 Å². The molecule has 1 aliphatic rings. The molecule has 1 aliphatic heterocycles. The van der Waals surface area contributed by atoms with E-state index in [1.165, 1.54) is 0 Å².